The molecule has 0 radical (unpaired) electrons. The molecule has 1 saturated heterocycles. The van der Waals surface area contributed by atoms with E-state index in [0.717, 1.165) is 16.7 Å². The Bertz CT molecular complexity index is 589. The van der Waals surface area contributed by atoms with Crippen molar-refractivity contribution >= 4 is 32.6 Å². The lowest BCUT2D eigenvalue weighted by Crippen LogP contribution is -2.52. The number of rotatable bonds is 3. The quantitative estimate of drug-likeness (QED) is 0.688. The largest absolute Gasteiger partial charge is 0.298 e. The molecule has 1 heterocycles. The highest BCUT2D eigenvalue weighted by Crippen LogP contribution is 2.25. The Morgan fingerprint density at radius 2 is 1.50 bits per heavy atom. The van der Waals surface area contributed by atoms with Crippen molar-refractivity contribution in [1.82, 2.24) is 9.21 Å². The van der Waals surface area contributed by atoms with Gasteiger partial charge in [-0.25, -0.2) is 8.42 Å². The summed E-state index contributed by atoms with van der Waals surface area (Å²) < 4.78 is 28.1. The minimum atomic E-state index is -3.33. The second-order valence-electron chi connectivity index (χ2n) is 6.19. The van der Waals surface area contributed by atoms with Crippen LogP contribution < -0.4 is 0 Å². The average molecular weight is 434 g/mol. The van der Waals surface area contributed by atoms with Gasteiger partial charge in [0.25, 0.3) is 0 Å². The highest BCUT2D eigenvalue weighted by Gasteiger charge is 2.31. The zero-order valence-electron chi connectivity index (χ0n) is 12.7. The van der Waals surface area contributed by atoms with Gasteiger partial charge in [0.15, 0.2) is 0 Å². The van der Waals surface area contributed by atoms with Gasteiger partial charge in [0.2, 0.25) is 10.0 Å². The summed E-state index contributed by atoms with van der Waals surface area (Å²) in [5, 5.41) is 0. The summed E-state index contributed by atoms with van der Waals surface area (Å²) in [7, 11) is -3.33. The summed E-state index contributed by atoms with van der Waals surface area (Å²) >= 11 is 2.19. The predicted molar refractivity (Wildman–Crippen MR) is 96.4 cm³/mol. The average Bonchev–Trinajstić information content (AvgIpc) is 2.56. The van der Waals surface area contributed by atoms with E-state index in [1.807, 2.05) is 12.1 Å². The number of hydrogen-bond donors (Lipinski definition) is 0. The topological polar surface area (TPSA) is 40.6 Å². The van der Waals surface area contributed by atoms with E-state index in [2.05, 4.69) is 27.5 Å². The van der Waals surface area contributed by atoms with E-state index in [9.17, 15) is 8.42 Å². The van der Waals surface area contributed by atoms with Crippen LogP contribution in [0.4, 0.5) is 0 Å². The summed E-state index contributed by atoms with van der Waals surface area (Å²) in [6.07, 6.45) is 6.57. The van der Waals surface area contributed by atoms with E-state index >= 15 is 0 Å². The van der Waals surface area contributed by atoms with Gasteiger partial charge < -0.3 is 0 Å². The van der Waals surface area contributed by atoms with Crippen LogP contribution in [0.5, 0.6) is 0 Å². The van der Waals surface area contributed by atoms with Crippen molar-refractivity contribution in [3.8, 4) is 0 Å². The molecular formula is C16H23IN2O2S. The molecule has 2 aliphatic rings. The molecule has 4 nitrogen and oxygen atoms in total. The molecule has 122 valence electrons. The lowest BCUT2D eigenvalue weighted by Gasteiger charge is -2.40. The van der Waals surface area contributed by atoms with Crippen molar-refractivity contribution in [2.75, 3.05) is 26.2 Å². The molecule has 2 fully saturated rings. The second kappa shape index (κ2) is 7.15. The normalized spacial score (nSPS) is 22.8. The smallest absolute Gasteiger partial charge is 0.243 e. The van der Waals surface area contributed by atoms with Crippen molar-refractivity contribution in [2.24, 2.45) is 0 Å². The Kier molecular flexibility index (Phi) is 5.42. The molecular weight excluding hydrogens is 411 g/mol. The predicted octanol–water partition coefficient (Wildman–Crippen LogP) is 2.93. The van der Waals surface area contributed by atoms with Crippen LogP contribution in [0.3, 0.4) is 0 Å². The number of halogens is 1. The monoisotopic (exact) mass is 434 g/mol. The highest BCUT2D eigenvalue weighted by molar-refractivity contribution is 14.1. The molecule has 1 aliphatic heterocycles. The van der Waals surface area contributed by atoms with Crippen LogP contribution in [0.25, 0.3) is 0 Å². The molecule has 3 rings (SSSR count). The first-order chi connectivity index (χ1) is 10.6. The maximum absolute atomic E-state index is 12.7. The van der Waals surface area contributed by atoms with Crippen LogP contribution >= 0.6 is 22.6 Å². The van der Waals surface area contributed by atoms with E-state index in [4.69, 9.17) is 0 Å². The van der Waals surface area contributed by atoms with Gasteiger partial charge in [0, 0.05) is 35.8 Å². The summed E-state index contributed by atoms with van der Waals surface area (Å²) in [6.45, 7) is 2.97. The SMILES string of the molecule is O=S(=O)(c1ccc(I)cc1)N1CCN(C2CCCCC2)CC1. The van der Waals surface area contributed by atoms with Gasteiger partial charge in [0.1, 0.15) is 0 Å². The summed E-state index contributed by atoms with van der Waals surface area (Å²) in [6, 6.07) is 7.81. The van der Waals surface area contributed by atoms with Gasteiger partial charge in [-0.15, -0.1) is 0 Å². The molecule has 1 aliphatic carbocycles. The van der Waals surface area contributed by atoms with Crippen LogP contribution in [-0.4, -0.2) is 49.8 Å². The summed E-state index contributed by atoms with van der Waals surface area (Å²) in [5.74, 6) is 0. The summed E-state index contributed by atoms with van der Waals surface area (Å²) in [4.78, 5) is 2.91. The molecule has 0 spiro atoms. The molecule has 0 N–H and O–H groups in total. The van der Waals surface area contributed by atoms with E-state index in [0.29, 0.717) is 24.0 Å². The molecule has 22 heavy (non-hydrogen) atoms. The zero-order chi connectivity index (χ0) is 15.6. The Labute approximate surface area is 147 Å². The van der Waals surface area contributed by atoms with Gasteiger partial charge in [-0.1, -0.05) is 19.3 Å². The number of hydrogen-bond acceptors (Lipinski definition) is 3. The van der Waals surface area contributed by atoms with Crippen molar-refractivity contribution in [2.45, 2.75) is 43.0 Å². The van der Waals surface area contributed by atoms with E-state index < -0.39 is 10.0 Å². The maximum Gasteiger partial charge on any atom is 0.243 e. The van der Waals surface area contributed by atoms with E-state index in [-0.39, 0.29) is 0 Å². The molecule has 1 aromatic rings. The highest BCUT2D eigenvalue weighted by atomic mass is 127. The van der Waals surface area contributed by atoms with Crippen LogP contribution in [0, 0.1) is 3.57 Å². The number of benzene rings is 1. The maximum atomic E-state index is 12.7. The minimum Gasteiger partial charge on any atom is -0.298 e. The molecule has 0 unspecified atom stereocenters. The van der Waals surface area contributed by atoms with E-state index in [1.165, 1.54) is 32.1 Å². The fourth-order valence-corrected chi connectivity index (χ4v) is 5.29. The van der Waals surface area contributed by atoms with Gasteiger partial charge in [0.05, 0.1) is 4.90 Å². The van der Waals surface area contributed by atoms with Crippen molar-refractivity contribution in [3.05, 3.63) is 27.8 Å². The van der Waals surface area contributed by atoms with Crippen LogP contribution in [0.2, 0.25) is 0 Å². The Hall–Kier alpha value is -0.180. The third kappa shape index (κ3) is 3.66. The first-order valence-electron chi connectivity index (χ1n) is 8.07. The number of piperazine rings is 1. The molecule has 1 saturated carbocycles. The van der Waals surface area contributed by atoms with Gasteiger partial charge >= 0.3 is 0 Å². The first kappa shape index (κ1) is 16.7. The zero-order valence-corrected chi connectivity index (χ0v) is 15.7. The standard InChI is InChI=1S/C16H23IN2O2S/c17-14-6-8-16(9-7-14)22(20,21)19-12-10-18(11-13-19)15-4-2-1-3-5-15/h6-9,15H,1-5,10-13H2. The third-order valence-electron chi connectivity index (χ3n) is 4.82. The molecule has 6 heteroatoms. The van der Waals surface area contributed by atoms with Crippen molar-refractivity contribution in [1.29, 1.82) is 0 Å². The first-order valence-corrected chi connectivity index (χ1v) is 10.6. The van der Waals surface area contributed by atoms with Gasteiger partial charge in [-0.3, -0.25) is 4.90 Å². The van der Waals surface area contributed by atoms with E-state index in [1.54, 1.807) is 16.4 Å². The van der Waals surface area contributed by atoms with Gasteiger partial charge in [-0.05, 0) is 59.7 Å². The molecule has 1 aromatic carbocycles. The second-order valence-corrected chi connectivity index (χ2v) is 9.37. The molecule has 0 atom stereocenters. The number of nitrogens with zero attached hydrogens (tertiary/aromatic N) is 2. The Morgan fingerprint density at radius 3 is 2.09 bits per heavy atom. The minimum absolute atomic E-state index is 0.416. The van der Waals surface area contributed by atoms with Crippen molar-refractivity contribution < 1.29 is 8.42 Å². The molecule has 0 bridgehead atoms. The Balaban J connectivity index is 1.63. The summed E-state index contributed by atoms with van der Waals surface area (Å²) in [5.41, 5.74) is 0. The molecule has 0 amide bonds. The third-order valence-corrected chi connectivity index (χ3v) is 7.45. The van der Waals surface area contributed by atoms with Crippen LogP contribution in [0.15, 0.2) is 29.2 Å². The van der Waals surface area contributed by atoms with Crippen molar-refractivity contribution in [3.63, 3.8) is 0 Å². The lowest BCUT2D eigenvalue weighted by atomic mass is 9.94. The number of sulfonamides is 1. The van der Waals surface area contributed by atoms with Crippen LogP contribution in [-0.2, 0) is 10.0 Å². The fraction of sp³-hybridized carbons (Fsp3) is 0.625. The Morgan fingerprint density at radius 1 is 0.909 bits per heavy atom. The fourth-order valence-electron chi connectivity index (χ4n) is 3.51. The lowest BCUT2D eigenvalue weighted by molar-refractivity contribution is 0.111. The van der Waals surface area contributed by atoms with Gasteiger partial charge in [-0.2, -0.15) is 4.31 Å². The van der Waals surface area contributed by atoms with Crippen LogP contribution in [0.1, 0.15) is 32.1 Å². The molecule has 0 aromatic heterocycles.